The van der Waals surface area contributed by atoms with E-state index < -0.39 is 0 Å². The number of piperidine rings is 2. The molecule has 1 aromatic rings. The molecule has 154 valence electrons. The summed E-state index contributed by atoms with van der Waals surface area (Å²) in [5.41, 5.74) is 1.30. The Morgan fingerprint density at radius 2 is 1.96 bits per heavy atom. The van der Waals surface area contributed by atoms with Crippen molar-refractivity contribution < 1.29 is 4.79 Å². The van der Waals surface area contributed by atoms with Crippen LogP contribution in [0.4, 0.5) is 0 Å². The highest BCUT2D eigenvalue weighted by molar-refractivity contribution is 5.79. The Morgan fingerprint density at radius 1 is 1.07 bits per heavy atom. The van der Waals surface area contributed by atoms with Crippen LogP contribution in [0.5, 0.6) is 0 Å². The lowest BCUT2D eigenvalue weighted by Gasteiger charge is -2.42. The molecule has 0 bridgehead atoms. The molecule has 28 heavy (non-hydrogen) atoms. The minimum absolute atomic E-state index is 0.209. The Kier molecular flexibility index (Phi) is 6.94. The molecular weight excluding hydrogens is 350 g/mol. The average molecular weight is 386 g/mol. The summed E-state index contributed by atoms with van der Waals surface area (Å²) >= 11 is 0. The molecule has 0 unspecified atom stereocenters. The minimum Gasteiger partial charge on any atom is -0.341 e. The van der Waals surface area contributed by atoms with Crippen molar-refractivity contribution in [2.24, 2.45) is 5.92 Å². The zero-order valence-corrected chi connectivity index (χ0v) is 17.1. The van der Waals surface area contributed by atoms with Gasteiger partial charge in [0.05, 0.1) is 5.92 Å². The van der Waals surface area contributed by atoms with E-state index in [4.69, 9.17) is 0 Å². The molecule has 4 heterocycles. The number of hydrogen-bond acceptors (Lipinski definition) is 5. The molecule has 1 aromatic heterocycles. The SMILES string of the molecule is O=C([C@@H]1CCCN(C2CCN(Cc3cccnc3)CC2)C1)N1CCCNCC1. The van der Waals surface area contributed by atoms with Crippen LogP contribution < -0.4 is 5.32 Å². The highest BCUT2D eigenvalue weighted by Crippen LogP contribution is 2.25. The smallest absolute Gasteiger partial charge is 0.227 e. The molecule has 0 saturated carbocycles. The standard InChI is InChI=1S/C22H35N5O/c28-22(26-12-3-9-23-10-15-26)20-5-2-11-27(18-20)21-6-13-25(14-7-21)17-19-4-1-8-24-16-19/h1,4,8,16,20-21,23H,2-3,5-7,9-15,17-18H2/t20-/m1/s1. The largest absolute Gasteiger partial charge is 0.341 e. The van der Waals surface area contributed by atoms with Crippen LogP contribution in [-0.4, -0.2) is 84.0 Å². The van der Waals surface area contributed by atoms with Gasteiger partial charge in [-0.25, -0.2) is 0 Å². The number of likely N-dealkylation sites (tertiary alicyclic amines) is 2. The van der Waals surface area contributed by atoms with E-state index in [-0.39, 0.29) is 5.92 Å². The normalized spacial score (nSPS) is 26.1. The topological polar surface area (TPSA) is 51.7 Å². The first-order chi connectivity index (χ1) is 13.8. The van der Waals surface area contributed by atoms with Gasteiger partial charge in [0.25, 0.3) is 0 Å². The summed E-state index contributed by atoms with van der Waals surface area (Å²) in [6.07, 6.45) is 9.57. The lowest BCUT2D eigenvalue weighted by atomic mass is 9.92. The van der Waals surface area contributed by atoms with Crippen LogP contribution in [0.25, 0.3) is 0 Å². The number of nitrogens with zero attached hydrogens (tertiary/aromatic N) is 4. The fourth-order valence-corrected chi connectivity index (χ4v) is 5.06. The number of pyridine rings is 1. The molecule has 0 radical (unpaired) electrons. The van der Waals surface area contributed by atoms with E-state index in [1.165, 1.54) is 31.4 Å². The first-order valence-electron chi connectivity index (χ1n) is 11.1. The molecule has 3 aliphatic rings. The molecule has 4 rings (SSSR count). The van der Waals surface area contributed by atoms with Gasteiger partial charge in [0, 0.05) is 51.2 Å². The second kappa shape index (κ2) is 9.81. The predicted molar refractivity (Wildman–Crippen MR) is 111 cm³/mol. The average Bonchev–Trinajstić information content (AvgIpc) is 3.04. The molecule has 6 nitrogen and oxygen atoms in total. The third-order valence-electron chi connectivity index (χ3n) is 6.66. The molecule has 3 fully saturated rings. The maximum atomic E-state index is 13.0. The second-order valence-corrected chi connectivity index (χ2v) is 8.63. The summed E-state index contributed by atoms with van der Waals surface area (Å²) in [7, 11) is 0. The Balaban J connectivity index is 1.26. The van der Waals surface area contributed by atoms with Crippen LogP contribution in [0.3, 0.4) is 0 Å². The fourth-order valence-electron chi connectivity index (χ4n) is 5.06. The monoisotopic (exact) mass is 385 g/mol. The Hall–Kier alpha value is -1.50. The van der Waals surface area contributed by atoms with Crippen LogP contribution in [0.15, 0.2) is 24.5 Å². The Labute approximate surface area is 169 Å². The van der Waals surface area contributed by atoms with Crippen molar-refractivity contribution in [2.45, 2.75) is 44.7 Å². The van der Waals surface area contributed by atoms with Gasteiger partial charge in [-0.2, -0.15) is 0 Å². The van der Waals surface area contributed by atoms with Gasteiger partial charge in [-0.05, 0) is 69.9 Å². The van der Waals surface area contributed by atoms with E-state index in [0.29, 0.717) is 11.9 Å². The number of rotatable bonds is 4. The zero-order chi connectivity index (χ0) is 19.2. The van der Waals surface area contributed by atoms with E-state index in [1.807, 2.05) is 18.5 Å². The molecule has 0 spiro atoms. The van der Waals surface area contributed by atoms with Crippen molar-refractivity contribution >= 4 is 5.91 Å². The van der Waals surface area contributed by atoms with Gasteiger partial charge in [-0.1, -0.05) is 6.07 Å². The molecule has 3 aliphatic heterocycles. The van der Waals surface area contributed by atoms with Crippen molar-refractivity contribution in [3.05, 3.63) is 30.1 Å². The van der Waals surface area contributed by atoms with Crippen molar-refractivity contribution in [3.63, 3.8) is 0 Å². The summed E-state index contributed by atoms with van der Waals surface area (Å²) < 4.78 is 0. The molecule has 1 amide bonds. The maximum Gasteiger partial charge on any atom is 0.227 e. The highest BCUT2D eigenvalue weighted by Gasteiger charge is 2.33. The minimum atomic E-state index is 0.209. The van der Waals surface area contributed by atoms with Gasteiger partial charge in [0.1, 0.15) is 0 Å². The predicted octanol–water partition coefficient (Wildman–Crippen LogP) is 1.58. The van der Waals surface area contributed by atoms with Crippen molar-refractivity contribution in [1.29, 1.82) is 0 Å². The third-order valence-corrected chi connectivity index (χ3v) is 6.66. The summed E-state index contributed by atoms with van der Waals surface area (Å²) in [6, 6.07) is 4.83. The van der Waals surface area contributed by atoms with Crippen LogP contribution >= 0.6 is 0 Å². The van der Waals surface area contributed by atoms with Crippen LogP contribution in [0.1, 0.15) is 37.7 Å². The summed E-state index contributed by atoms with van der Waals surface area (Å²) in [5.74, 6) is 0.614. The van der Waals surface area contributed by atoms with E-state index in [1.54, 1.807) is 0 Å². The second-order valence-electron chi connectivity index (χ2n) is 8.63. The molecular formula is C22H35N5O. The molecule has 3 saturated heterocycles. The van der Waals surface area contributed by atoms with E-state index in [0.717, 1.165) is 65.2 Å². The van der Waals surface area contributed by atoms with Gasteiger partial charge >= 0.3 is 0 Å². The first kappa shape index (κ1) is 19.8. The van der Waals surface area contributed by atoms with Crippen molar-refractivity contribution in [2.75, 3.05) is 52.4 Å². The zero-order valence-electron chi connectivity index (χ0n) is 17.1. The van der Waals surface area contributed by atoms with Gasteiger partial charge in [0.15, 0.2) is 0 Å². The van der Waals surface area contributed by atoms with Crippen molar-refractivity contribution in [3.8, 4) is 0 Å². The number of amides is 1. The molecule has 1 N–H and O–H groups in total. The van der Waals surface area contributed by atoms with E-state index in [9.17, 15) is 4.79 Å². The van der Waals surface area contributed by atoms with Crippen LogP contribution in [0, 0.1) is 5.92 Å². The first-order valence-corrected chi connectivity index (χ1v) is 11.1. The molecule has 0 aliphatic carbocycles. The number of hydrogen-bond donors (Lipinski definition) is 1. The Bertz CT molecular complexity index is 609. The van der Waals surface area contributed by atoms with Gasteiger partial charge < -0.3 is 10.2 Å². The number of nitrogens with one attached hydrogen (secondary N) is 1. The fraction of sp³-hybridized carbons (Fsp3) is 0.727. The summed E-state index contributed by atoms with van der Waals surface area (Å²) in [6.45, 7) is 9.21. The number of aromatic nitrogens is 1. The number of carbonyl (C=O) groups is 1. The number of carbonyl (C=O) groups excluding carboxylic acids is 1. The van der Waals surface area contributed by atoms with E-state index >= 15 is 0 Å². The van der Waals surface area contributed by atoms with Gasteiger partial charge in [-0.15, -0.1) is 0 Å². The summed E-state index contributed by atoms with van der Waals surface area (Å²) in [4.78, 5) is 24.6. The summed E-state index contributed by atoms with van der Waals surface area (Å²) in [5, 5.41) is 3.40. The third kappa shape index (κ3) is 5.10. The van der Waals surface area contributed by atoms with Crippen molar-refractivity contribution in [1.82, 2.24) is 25.0 Å². The Morgan fingerprint density at radius 3 is 2.79 bits per heavy atom. The van der Waals surface area contributed by atoms with Crippen LogP contribution in [0.2, 0.25) is 0 Å². The van der Waals surface area contributed by atoms with Crippen LogP contribution in [-0.2, 0) is 11.3 Å². The highest BCUT2D eigenvalue weighted by atomic mass is 16.2. The molecule has 6 heteroatoms. The molecule has 0 aromatic carbocycles. The quantitative estimate of drug-likeness (QED) is 0.853. The molecule has 1 atom stereocenters. The lowest BCUT2D eigenvalue weighted by Crippen LogP contribution is -2.51. The lowest BCUT2D eigenvalue weighted by molar-refractivity contribution is -0.137. The van der Waals surface area contributed by atoms with E-state index in [2.05, 4.69) is 31.1 Å². The van der Waals surface area contributed by atoms with Gasteiger partial charge in [0.2, 0.25) is 5.91 Å². The maximum absolute atomic E-state index is 13.0. The van der Waals surface area contributed by atoms with Gasteiger partial charge in [-0.3, -0.25) is 19.6 Å².